The van der Waals surface area contributed by atoms with Crippen LogP contribution in [0.4, 0.5) is 5.69 Å². The number of carboxylic acids is 1. The second-order valence-electron chi connectivity index (χ2n) is 4.98. The van der Waals surface area contributed by atoms with Crippen molar-refractivity contribution < 1.29 is 19.8 Å². The van der Waals surface area contributed by atoms with E-state index in [1.54, 1.807) is 0 Å². The van der Waals surface area contributed by atoms with E-state index >= 15 is 0 Å². The molecule has 1 aromatic carbocycles. The quantitative estimate of drug-likeness (QED) is 0.739. The molecule has 1 amide bonds. The van der Waals surface area contributed by atoms with Crippen molar-refractivity contribution >= 4 is 29.3 Å². The smallest absolute Gasteiger partial charge is 0.337 e. The van der Waals surface area contributed by atoms with Gasteiger partial charge in [0, 0.05) is 4.75 Å². The second-order valence-corrected chi connectivity index (χ2v) is 6.79. The first-order chi connectivity index (χ1) is 8.69. The summed E-state index contributed by atoms with van der Waals surface area (Å²) in [6.07, 6.45) is 0. The van der Waals surface area contributed by atoms with Crippen LogP contribution in [0.25, 0.3) is 0 Å². The Morgan fingerprint density at radius 2 is 1.95 bits per heavy atom. The van der Waals surface area contributed by atoms with Gasteiger partial charge in [-0.15, -0.1) is 11.8 Å². The number of aromatic hydroxyl groups is 1. The van der Waals surface area contributed by atoms with E-state index in [-0.39, 0.29) is 33.4 Å². The lowest BCUT2D eigenvalue weighted by atomic mass is 10.1. The van der Waals surface area contributed by atoms with Crippen LogP contribution in [0, 0.1) is 0 Å². The van der Waals surface area contributed by atoms with Crippen LogP contribution in [0.2, 0.25) is 0 Å². The molecule has 0 bridgehead atoms. The number of phenolic OH excluding ortho intramolecular Hbond substituents is 1. The number of aromatic carboxylic acids is 1. The van der Waals surface area contributed by atoms with Gasteiger partial charge < -0.3 is 15.5 Å². The maximum absolute atomic E-state index is 11.7. The lowest BCUT2D eigenvalue weighted by molar-refractivity contribution is -0.113. The molecule has 1 rings (SSSR count). The lowest BCUT2D eigenvalue weighted by Crippen LogP contribution is -2.20. The third kappa shape index (κ3) is 5.21. The fourth-order valence-electron chi connectivity index (χ4n) is 1.29. The second kappa shape index (κ2) is 5.97. The van der Waals surface area contributed by atoms with E-state index in [1.807, 2.05) is 20.8 Å². The summed E-state index contributed by atoms with van der Waals surface area (Å²) in [7, 11) is 0. The van der Waals surface area contributed by atoms with Gasteiger partial charge in [-0.1, -0.05) is 20.8 Å². The van der Waals surface area contributed by atoms with Gasteiger partial charge in [0.25, 0.3) is 0 Å². The maximum Gasteiger partial charge on any atom is 0.337 e. The monoisotopic (exact) mass is 283 g/mol. The number of benzene rings is 1. The minimum atomic E-state index is -1.20. The molecule has 0 spiro atoms. The van der Waals surface area contributed by atoms with Crippen molar-refractivity contribution in [2.45, 2.75) is 25.5 Å². The normalized spacial score (nSPS) is 11.1. The zero-order chi connectivity index (χ0) is 14.6. The molecule has 3 N–H and O–H groups in total. The fraction of sp³-hybridized carbons (Fsp3) is 0.385. The SMILES string of the molecule is CC(C)(C)SCC(=O)Nc1ccc(O)cc1C(=O)O. The van der Waals surface area contributed by atoms with Crippen LogP contribution in [-0.2, 0) is 4.79 Å². The number of phenols is 1. The molecule has 0 radical (unpaired) electrons. The van der Waals surface area contributed by atoms with E-state index in [2.05, 4.69) is 5.32 Å². The van der Waals surface area contributed by atoms with Gasteiger partial charge in [0.1, 0.15) is 5.75 Å². The number of carboxylic acid groups (broad SMARTS) is 1. The number of carbonyl (C=O) groups excluding carboxylic acids is 1. The predicted octanol–water partition coefficient (Wildman–Crippen LogP) is 2.56. The summed E-state index contributed by atoms with van der Waals surface area (Å²) in [5, 5.41) is 20.8. The van der Waals surface area contributed by atoms with Gasteiger partial charge in [-0.25, -0.2) is 4.79 Å². The number of thioether (sulfide) groups is 1. The van der Waals surface area contributed by atoms with Crippen LogP contribution >= 0.6 is 11.8 Å². The number of hydrogen-bond donors (Lipinski definition) is 3. The molecule has 0 aromatic heterocycles. The van der Waals surface area contributed by atoms with E-state index in [4.69, 9.17) is 5.11 Å². The Balaban J connectivity index is 2.77. The molecule has 0 atom stereocenters. The average molecular weight is 283 g/mol. The summed E-state index contributed by atoms with van der Waals surface area (Å²) < 4.78 is -0.0398. The Kier molecular flexibility index (Phi) is 4.83. The highest BCUT2D eigenvalue weighted by atomic mass is 32.2. The molecule has 0 fully saturated rings. The zero-order valence-electron chi connectivity index (χ0n) is 11.1. The number of anilines is 1. The molecule has 0 aliphatic rings. The van der Waals surface area contributed by atoms with Crippen molar-refractivity contribution in [3.05, 3.63) is 23.8 Å². The molecule has 104 valence electrons. The van der Waals surface area contributed by atoms with Crippen molar-refractivity contribution in [1.82, 2.24) is 0 Å². The third-order valence-corrected chi connectivity index (χ3v) is 3.42. The Labute approximate surface area is 116 Å². The zero-order valence-corrected chi connectivity index (χ0v) is 11.9. The fourth-order valence-corrected chi connectivity index (χ4v) is 1.92. The van der Waals surface area contributed by atoms with Gasteiger partial charge in [0.15, 0.2) is 0 Å². The molecule has 1 aromatic rings. The Morgan fingerprint density at radius 1 is 1.32 bits per heavy atom. The van der Waals surface area contributed by atoms with Crippen LogP contribution in [0.3, 0.4) is 0 Å². The lowest BCUT2D eigenvalue weighted by Gasteiger charge is -2.17. The first kappa shape index (κ1) is 15.4. The van der Waals surface area contributed by atoms with Crippen molar-refractivity contribution in [2.75, 3.05) is 11.1 Å². The van der Waals surface area contributed by atoms with Crippen LogP contribution < -0.4 is 5.32 Å². The Bertz CT molecular complexity index is 494. The maximum atomic E-state index is 11.7. The Morgan fingerprint density at radius 3 is 2.47 bits per heavy atom. The third-order valence-electron chi connectivity index (χ3n) is 2.14. The number of rotatable bonds is 4. The first-order valence-corrected chi connectivity index (χ1v) is 6.68. The molecule has 0 aliphatic heterocycles. The van der Waals surface area contributed by atoms with Gasteiger partial charge in [-0.2, -0.15) is 0 Å². The summed E-state index contributed by atoms with van der Waals surface area (Å²) in [4.78, 5) is 22.7. The topological polar surface area (TPSA) is 86.6 Å². The van der Waals surface area contributed by atoms with Gasteiger partial charge in [-0.05, 0) is 18.2 Å². The van der Waals surface area contributed by atoms with Gasteiger partial charge >= 0.3 is 5.97 Å². The van der Waals surface area contributed by atoms with E-state index in [1.165, 1.54) is 23.9 Å². The van der Waals surface area contributed by atoms with Crippen molar-refractivity contribution in [3.63, 3.8) is 0 Å². The molecule has 5 nitrogen and oxygen atoms in total. The van der Waals surface area contributed by atoms with Gasteiger partial charge in [0.2, 0.25) is 5.91 Å². The molecular formula is C13H17NO4S. The molecular weight excluding hydrogens is 266 g/mol. The highest BCUT2D eigenvalue weighted by molar-refractivity contribution is 8.01. The van der Waals surface area contributed by atoms with Crippen LogP contribution in [0.1, 0.15) is 31.1 Å². The molecule has 0 aliphatic carbocycles. The Hall–Kier alpha value is -1.69. The number of hydrogen-bond acceptors (Lipinski definition) is 4. The van der Waals surface area contributed by atoms with E-state index in [9.17, 15) is 14.7 Å². The molecule has 19 heavy (non-hydrogen) atoms. The summed E-state index contributed by atoms with van der Waals surface area (Å²) in [5.41, 5.74) is 0.0546. The summed E-state index contributed by atoms with van der Waals surface area (Å²) >= 11 is 1.47. The standard InChI is InChI=1S/C13H17NO4S/c1-13(2,3)19-7-11(16)14-10-5-4-8(15)6-9(10)12(17)18/h4-6,15H,7H2,1-3H3,(H,14,16)(H,17,18). The molecule has 0 heterocycles. The summed E-state index contributed by atoms with van der Waals surface area (Å²) in [6, 6.07) is 3.81. The number of nitrogens with one attached hydrogen (secondary N) is 1. The van der Waals surface area contributed by atoms with Crippen molar-refractivity contribution in [2.24, 2.45) is 0 Å². The largest absolute Gasteiger partial charge is 0.508 e. The molecule has 0 saturated carbocycles. The van der Waals surface area contributed by atoms with Crippen LogP contribution in [0.15, 0.2) is 18.2 Å². The average Bonchev–Trinajstić information content (AvgIpc) is 2.28. The van der Waals surface area contributed by atoms with E-state index in [0.717, 1.165) is 6.07 Å². The highest BCUT2D eigenvalue weighted by Crippen LogP contribution is 2.24. The minimum Gasteiger partial charge on any atom is -0.508 e. The van der Waals surface area contributed by atoms with Crippen LogP contribution in [0.5, 0.6) is 5.75 Å². The number of carbonyl (C=O) groups is 2. The minimum absolute atomic E-state index is 0.0398. The molecule has 0 unspecified atom stereocenters. The summed E-state index contributed by atoms with van der Waals surface area (Å²) in [5.74, 6) is -1.38. The molecule has 6 heteroatoms. The summed E-state index contributed by atoms with van der Waals surface area (Å²) in [6.45, 7) is 5.98. The van der Waals surface area contributed by atoms with E-state index < -0.39 is 5.97 Å². The predicted molar refractivity (Wildman–Crippen MR) is 75.9 cm³/mol. The van der Waals surface area contributed by atoms with Crippen molar-refractivity contribution in [1.29, 1.82) is 0 Å². The van der Waals surface area contributed by atoms with Crippen LogP contribution in [-0.4, -0.2) is 32.6 Å². The van der Waals surface area contributed by atoms with E-state index in [0.29, 0.717) is 0 Å². The number of amides is 1. The molecule has 0 saturated heterocycles. The first-order valence-electron chi connectivity index (χ1n) is 5.69. The van der Waals surface area contributed by atoms with Crippen molar-refractivity contribution in [3.8, 4) is 5.75 Å². The highest BCUT2D eigenvalue weighted by Gasteiger charge is 2.16. The van der Waals surface area contributed by atoms with Gasteiger partial charge in [0.05, 0.1) is 17.0 Å². The van der Waals surface area contributed by atoms with Gasteiger partial charge in [-0.3, -0.25) is 4.79 Å².